The number of hydrogen-bond donors (Lipinski definition) is 2. The Morgan fingerprint density at radius 2 is 1.72 bits per heavy atom. The van der Waals surface area contributed by atoms with Crippen molar-refractivity contribution in [3.05, 3.63) is 83.9 Å². The minimum atomic E-state index is -0.971. The van der Waals surface area contributed by atoms with Gasteiger partial charge in [0.25, 0.3) is 5.91 Å². The predicted molar refractivity (Wildman–Crippen MR) is 102 cm³/mol. The van der Waals surface area contributed by atoms with Crippen LogP contribution >= 0.6 is 0 Å². The second-order valence-electron chi connectivity index (χ2n) is 6.39. The van der Waals surface area contributed by atoms with Crippen LogP contribution in [0.4, 0.5) is 11.4 Å². The summed E-state index contributed by atoms with van der Waals surface area (Å²) < 4.78 is 10.6. The van der Waals surface area contributed by atoms with E-state index < -0.39 is 23.5 Å². The van der Waals surface area contributed by atoms with E-state index in [1.54, 1.807) is 42.5 Å². The number of hydrogen-bond acceptors (Lipinski definition) is 6. The molecule has 8 heteroatoms. The van der Waals surface area contributed by atoms with Crippen molar-refractivity contribution in [3.63, 3.8) is 0 Å². The lowest BCUT2D eigenvalue weighted by Gasteiger charge is -2.25. The van der Waals surface area contributed by atoms with Gasteiger partial charge in [0.2, 0.25) is 11.7 Å². The van der Waals surface area contributed by atoms with E-state index in [-0.39, 0.29) is 17.2 Å². The van der Waals surface area contributed by atoms with E-state index >= 15 is 0 Å². The van der Waals surface area contributed by atoms with Gasteiger partial charge in [0, 0.05) is 18.3 Å². The maximum atomic E-state index is 12.9. The summed E-state index contributed by atoms with van der Waals surface area (Å²) in [6, 6.07) is 11.7. The Balaban J connectivity index is 1.77. The Hall–Kier alpha value is -4.07. The van der Waals surface area contributed by atoms with Crippen molar-refractivity contribution in [1.82, 2.24) is 0 Å². The van der Waals surface area contributed by atoms with Gasteiger partial charge in [-0.3, -0.25) is 19.3 Å². The summed E-state index contributed by atoms with van der Waals surface area (Å²) in [5.74, 6) is -1.94. The Labute approximate surface area is 165 Å². The summed E-state index contributed by atoms with van der Waals surface area (Å²) in [4.78, 5) is 38.3. The van der Waals surface area contributed by atoms with E-state index in [4.69, 9.17) is 8.83 Å². The molecule has 0 spiro atoms. The van der Waals surface area contributed by atoms with Crippen LogP contribution < -0.4 is 10.2 Å². The summed E-state index contributed by atoms with van der Waals surface area (Å²) in [5, 5.41) is 13.2. The van der Waals surface area contributed by atoms with Crippen molar-refractivity contribution in [1.29, 1.82) is 0 Å². The molecule has 2 amide bonds. The predicted octanol–water partition coefficient (Wildman–Crippen LogP) is 3.61. The second-order valence-corrected chi connectivity index (χ2v) is 6.39. The number of amides is 2. The summed E-state index contributed by atoms with van der Waals surface area (Å²) in [5.41, 5.74) is 0.830. The molecule has 4 rings (SSSR count). The molecule has 1 aromatic carbocycles. The van der Waals surface area contributed by atoms with Crippen LogP contribution in [0.25, 0.3) is 0 Å². The summed E-state index contributed by atoms with van der Waals surface area (Å²) in [6.45, 7) is 1.39. The molecule has 0 saturated carbocycles. The fraction of sp³-hybridized carbons (Fsp3) is 0.0952. The number of carbonyl (C=O) groups excluding carboxylic acids is 3. The zero-order valence-corrected chi connectivity index (χ0v) is 15.3. The number of Topliss-reactive ketones (excluding diaryl/α,β-unsaturated/α-hetero) is 1. The molecule has 29 heavy (non-hydrogen) atoms. The number of nitrogens with zero attached hydrogens (tertiary/aromatic N) is 1. The number of benzene rings is 1. The second kappa shape index (κ2) is 7.16. The first-order chi connectivity index (χ1) is 14.0. The molecule has 0 fully saturated rings. The highest BCUT2D eigenvalue weighted by molar-refractivity contribution is 6.20. The van der Waals surface area contributed by atoms with Crippen LogP contribution in [0.2, 0.25) is 0 Å². The standard InChI is InChI=1S/C21H16N2O6/c1-12(24)22-13-6-8-14(9-7-13)23-18(15-4-2-10-28-15)17(20(26)21(23)27)19(25)16-5-3-11-29-16/h2-11,18,26H,1H3,(H,22,24). The number of nitrogens with one attached hydrogen (secondary N) is 1. The normalized spacial score (nSPS) is 16.4. The lowest BCUT2D eigenvalue weighted by molar-refractivity contribution is -0.117. The van der Waals surface area contributed by atoms with E-state index in [1.165, 1.54) is 30.4 Å². The Kier molecular flexibility index (Phi) is 4.52. The van der Waals surface area contributed by atoms with Crippen LogP contribution in [-0.2, 0) is 9.59 Å². The van der Waals surface area contributed by atoms with Gasteiger partial charge in [-0.2, -0.15) is 0 Å². The zero-order valence-electron chi connectivity index (χ0n) is 15.3. The molecule has 146 valence electrons. The van der Waals surface area contributed by atoms with Crippen molar-refractivity contribution in [3.8, 4) is 0 Å². The minimum absolute atomic E-state index is 0.00115. The minimum Gasteiger partial charge on any atom is -0.503 e. The van der Waals surface area contributed by atoms with Gasteiger partial charge >= 0.3 is 0 Å². The monoisotopic (exact) mass is 392 g/mol. The maximum absolute atomic E-state index is 12.9. The van der Waals surface area contributed by atoms with Crippen molar-refractivity contribution >= 4 is 29.0 Å². The quantitative estimate of drug-likeness (QED) is 0.641. The third-order valence-electron chi connectivity index (χ3n) is 4.48. The number of aliphatic hydroxyl groups excluding tert-OH is 1. The SMILES string of the molecule is CC(=O)Nc1ccc(N2C(=O)C(O)=C(C(=O)c3ccco3)C2c2ccco2)cc1. The van der Waals surface area contributed by atoms with Gasteiger partial charge in [0.05, 0.1) is 18.1 Å². The Morgan fingerprint density at radius 1 is 1.03 bits per heavy atom. The van der Waals surface area contributed by atoms with Gasteiger partial charge in [-0.15, -0.1) is 0 Å². The molecule has 1 aliphatic rings. The topological polar surface area (TPSA) is 113 Å². The highest BCUT2D eigenvalue weighted by atomic mass is 16.3. The molecule has 1 aliphatic heterocycles. The maximum Gasteiger partial charge on any atom is 0.294 e. The Bertz CT molecular complexity index is 1090. The highest BCUT2D eigenvalue weighted by Gasteiger charge is 2.46. The van der Waals surface area contributed by atoms with Crippen LogP contribution in [0.3, 0.4) is 0 Å². The van der Waals surface area contributed by atoms with Crippen LogP contribution in [-0.4, -0.2) is 22.7 Å². The van der Waals surface area contributed by atoms with Crippen LogP contribution in [0, 0.1) is 0 Å². The van der Waals surface area contributed by atoms with Crippen molar-refractivity contribution < 1.29 is 28.3 Å². The van der Waals surface area contributed by atoms with E-state index in [1.807, 2.05) is 0 Å². The molecule has 1 atom stereocenters. The number of carbonyl (C=O) groups is 3. The largest absolute Gasteiger partial charge is 0.503 e. The van der Waals surface area contributed by atoms with Crippen LogP contribution in [0.15, 0.2) is 81.2 Å². The van der Waals surface area contributed by atoms with Gasteiger partial charge in [-0.05, 0) is 48.5 Å². The van der Waals surface area contributed by atoms with Crippen molar-refractivity contribution in [2.45, 2.75) is 13.0 Å². The molecule has 2 aromatic heterocycles. The average molecular weight is 392 g/mol. The molecular formula is C21H16N2O6. The molecule has 1 unspecified atom stereocenters. The average Bonchev–Trinajstić information content (AvgIpc) is 3.44. The molecule has 2 N–H and O–H groups in total. The number of aliphatic hydroxyl groups is 1. The van der Waals surface area contributed by atoms with Crippen LogP contribution in [0.1, 0.15) is 29.3 Å². The molecule has 0 radical (unpaired) electrons. The number of ketones is 1. The first kappa shape index (κ1) is 18.3. The fourth-order valence-electron chi connectivity index (χ4n) is 3.27. The first-order valence-corrected chi connectivity index (χ1v) is 8.73. The van der Waals surface area contributed by atoms with E-state index in [9.17, 15) is 19.5 Å². The van der Waals surface area contributed by atoms with E-state index in [2.05, 4.69) is 5.32 Å². The third-order valence-corrected chi connectivity index (χ3v) is 4.48. The number of furan rings is 2. The van der Waals surface area contributed by atoms with E-state index in [0.29, 0.717) is 17.1 Å². The van der Waals surface area contributed by atoms with E-state index in [0.717, 1.165) is 0 Å². The van der Waals surface area contributed by atoms with Crippen molar-refractivity contribution in [2.24, 2.45) is 0 Å². The fourth-order valence-corrected chi connectivity index (χ4v) is 3.27. The third kappa shape index (κ3) is 3.20. The van der Waals surface area contributed by atoms with Gasteiger partial charge in [-0.25, -0.2) is 0 Å². The molecule has 0 aliphatic carbocycles. The number of anilines is 2. The Morgan fingerprint density at radius 3 is 2.31 bits per heavy atom. The lowest BCUT2D eigenvalue weighted by atomic mass is 9.99. The van der Waals surface area contributed by atoms with Gasteiger partial charge in [-0.1, -0.05) is 0 Å². The summed E-state index contributed by atoms with van der Waals surface area (Å²) in [7, 11) is 0. The number of rotatable bonds is 5. The highest BCUT2D eigenvalue weighted by Crippen LogP contribution is 2.42. The molecule has 0 saturated heterocycles. The van der Waals surface area contributed by atoms with Gasteiger partial charge in [0.15, 0.2) is 11.5 Å². The first-order valence-electron chi connectivity index (χ1n) is 8.73. The summed E-state index contributed by atoms with van der Waals surface area (Å²) in [6.07, 6.45) is 2.75. The molecular weight excluding hydrogens is 376 g/mol. The molecule has 3 aromatic rings. The zero-order chi connectivity index (χ0) is 20.5. The van der Waals surface area contributed by atoms with Crippen molar-refractivity contribution in [2.75, 3.05) is 10.2 Å². The molecule has 8 nitrogen and oxygen atoms in total. The van der Waals surface area contributed by atoms with Gasteiger partial charge in [0.1, 0.15) is 11.8 Å². The molecule has 3 heterocycles. The summed E-state index contributed by atoms with van der Waals surface area (Å²) >= 11 is 0. The molecule has 0 bridgehead atoms. The lowest BCUT2D eigenvalue weighted by Crippen LogP contribution is -2.30. The van der Waals surface area contributed by atoms with Crippen LogP contribution in [0.5, 0.6) is 0 Å². The smallest absolute Gasteiger partial charge is 0.294 e. The van der Waals surface area contributed by atoms with Gasteiger partial charge < -0.3 is 19.3 Å².